The van der Waals surface area contributed by atoms with Crippen LogP contribution >= 0.6 is 0 Å². The quantitative estimate of drug-likeness (QED) is 0.556. The molecule has 0 fully saturated rings. The molecule has 0 aliphatic heterocycles. The lowest BCUT2D eigenvalue weighted by Gasteiger charge is -1.96. The second-order valence-corrected chi connectivity index (χ2v) is 2.83. The van der Waals surface area contributed by atoms with E-state index in [-0.39, 0.29) is 0 Å². The molecule has 0 saturated carbocycles. The zero-order valence-electron chi connectivity index (χ0n) is 6.73. The molecule has 0 radical (unpaired) electrons. The third-order valence-corrected chi connectivity index (χ3v) is 2.07. The van der Waals surface area contributed by atoms with Gasteiger partial charge in [-0.25, -0.2) is 0 Å². The summed E-state index contributed by atoms with van der Waals surface area (Å²) in [6, 6.07) is 3.86. The number of H-pyrrole nitrogens is 1. The Kier molecular flexibility index (Phi) is 1.14. The Labute approximate surface area is 73.6 Å². The van der Waals surface area contributed by atoms with Crippen LogP contribution in [-0.4, -0.2) is 20.2 Å². The second kappa shape index (κ2) is 2.26. The van der Waals surface area contributed by atoms with Gasteiger partial charge in [0.25, 0.3) is 0 Å². The molecule has 3 aromatic rings. The van der Waals surface area contributed by atoms with Crippen LogP contribution in [0.3, 0.4) is 0 Å². The first-order valence-electron chi connectivity index (χ1n) is 3.98. The maximum Gasteiger partial charge on any atom is 0.0967 e. The maximum atomic E-state index is 4.22. The first-order chi connectivity index (χ1) is 6.45. The molecule has 0 spiro atoms. The number of aromatic amines is 1. The number of nitrogens with one attached hydrogen (secondary N) is 1. The van der Waals surface area contributed by atoms with Gasteiger partial charge in [0.05, 0.1) is 22.7 Å². The van der Waals surface area contributed by atoms with Crippen LogP contribution in [0.25, 0.3) is 21.9 Å². The molecule has 1 aromatic carbocycles. The fraction of sp³-hybridized carbons (Fsp3) is 0. The molecule has 0 amide bonds. The van der Waals surface area contributed by atoms with E-state index in [9.17, 15) is 0 Å². The van der Waals surface area contributed by atoms with Gasteiger partial charge in [0.15, 0.2) is 0 Å². The number of rotatable bonds is 0. The summed E-state index contributed by atoms with van der Waals surface area (Å²) in [5.41, 5.74) is 2.83. The Morgan fingerprint density at radius 2 is 2.08 bits per heavy atom. The van der Waals surface area contributed by atoms with Gasteiger partial charge >= 0.3 is 0 Å². The van der Waals surface area contributed by atoms with Crippen LogP contribution in [-0.2, 0) is 0 Å². The van der Waals surface area contributed by atoms with Gasteiger partial charge in [-0.05, 0) is 12.1 Å². The van der Waals surface area contributed by atoms with Crippen molar-refractivity contribution in [2.75, 3.05) is 0 Å². The lowest BCUT2D eigenvalue weighted by atomic mass is 10.2. The Bertz CT molecular complexity index is 570. The summed E-state index contributed by atoms with van der Waals surface area (Å²) in [5.74, 6) is 0. The summed E-state index contributed by atoms with van der Waals surface area (Å²) >= 11 is 0. The highest BCUT2D eigenvalue weighted by molar-refractivity contribution is 6.01. The largest absolute Gasteiger partial charge is 0.358 e. The standard InChI is InChI=1S/C9H6N4/c1-2-8-9(11-4-3-10-8)6-5-12-13-7(1)6/h1-5,11H. The molecule has 0 atom stereocenters. The number of hydrogen-bond acceptors (Lipinski definition) is 3. The lowest BCUT2D eigenvalue weighted by molar-refractivity contribution is 1.12. The molecule has 2 aromatic heterocycles. The number of nitrogens with zero attached hydrogens (tertiary/aromatic N) is 3. The number of hydrogen-bond donors (Lipinski definition) is 1. The van der Waals surface area contributed by atoms with Gasteiger partial charge in [0.1, 0.15) is 0 Å². The Balaban J connectivity index is 2.65. The van der Waals surface area contributed by atoms with Crippen LogP contribution in [0.1, 0.15) is 0 Å². The van der Waals surface area contributed by atoms with Crippen LogP contribution in [0.15, 0.2) is 30.7 Å². The highest BCUT2D eigenvalue weighted by Crippen LogP contribution is 2.19. The van der Waals surface area contributed by atoms with E-state index < -0.39 is 0 Å². The maximum absolute atomic E-state index is 4.22. The second-order valence-electron chi connectivity index (χ2n) is 2.83. The normalized spacial score (nSPS) is 11.1. The predicted molar refractivity (Wildman–Crippen MR) is 49.2 cm³/mol. The van der Waals surface area contributed by atoms with E-state index in [1.54, 1.807) is 18.6 Å². The molecule has 4 heteroatoms. The summed E-state index contributed by atoms with van der Waals surface area (Å²) in [7, 11) is 0. The van der Waals surface area contributed by atoms with Crippen molar-refractivity contribution >= 4 is 21.9 Å². The fourth-order valence-electron chi connectivity index (χ4n) is 1.46. The van der Waals surface area contributed by atoms with E-state index in [4.69, 9.17) is 0 Å². The smallest absolute Gasteiger partial charge is 0.0967 e. The minimum Gasteiger partial charge on any atom is -0.358 e. The molecule has 0 unspecified atom stereocenters. The number of aromatic nitrogens is 4. The third-order valence-electron chi connectivity index (χ3n) is 2.07. The van der Waals surface area contributed by atoms with E-state index in [1.807, 2.05) is 12.1 Å². The molecule has 0 aliphatic rings. The van der Waals surface area contributed by atoms with Crippen molar-refractivity contribution in [2.24, 2.45) is 0 Å². The molecule has 0 aliphatic carbocycles. The molecule has 13 heavy (non-hydrogen) atoms. The number of fused-ring (bicyclic) bond motifs is 3. The average Bonchev–Trinajstić information content (AvgIpc) is 2.65. The summed E-state index contributed by atoms with van der Waals surface area (Å²) in [6.07, 6.45) is 5.28. The van der Waals surface area contributed by atoms with E-state index >= 15 is 0 Å². The van der Waals surface area contributed by atoms with Crippen molar-refractivity contribution in [3.8, 4) is 0 Å². The molecule has 4 nitrogen and oxygen atoms in total. The minimum atomic E-state index is 0.900. The molecule has 62 valence electrons. The zero-order chi connectivity index (χ0) is 8.67. The molecular formula is C9H6N4. The van der Waals surface area contributed by atoms with Crippen molar-refractivity contribution in [2.45, 2.75) is 0 Å². The SMILES string of the molecule is c1c[nH]c2c(ccc3nncc32)n1. The van der Waals surface area contributed by atoms with Gasteiger partial charge < -0.3 is 4.98 Å². The highest BCUT2D eigenvalue weighted by atomic mass is 15.1. The molecule has 1 N–H and O–H groups in total. The lowest BCUT2D eigenvalue weighted by Crippen LogP contribution is -1.81. The third kappa shape index (κ3) is 0.823. The zero-order valence-corrected chi connectivity index (χ0v) is 6.73. The van der Waals surface area contributed by atoms with E-state index in [0.717, 1.165) is 21.9 Å². The van der Waals surface area contributed by atoms with Crippen molar-refractivity contribution in [1.82, 2.24) is 20.2 Å². The van der Waals surface area contributed by atoms with Crippen LogP contribution in [0.4, 0.5) is 0 Å². The van der Waals surface area contributed by atoms with Gasteiger partial charge in [0.2, 0.25) is 0 Å². The Hall–Kier alpha value is -1.97. The van der Waals surface area contributed by atoms with Crippen molar-refractivity contribution in [3.63, 3.8) is 0 Å². The van der Waals surface area contributed by atoms with Crippen LogP contribution in [0.2, 0.25) is 0 Å². The van der Waals surface area contributed by atoms with Gasteiger partial charge in [-0.1, -0.05) is 0 Å². The summed E-state index contributed by atoms with van der Waals surface area (Å²) in [4.78, 5) is 7.36. The molecular weight excluding hydrogens is 164 g/mol. The van der Waals surface area contributed by atoms with Gasteiger partial charge in [-0.3, -0.25) is 4.98 Å². The minimum absolute atomic E-state index is 0.900. The highest BCUT2D eigenvalue weighted by Gasteiger charge is 2.02. The van der Waals surface area contributed by atoms with Crippen LogP contribution < -0.4 is 0 Å². The van der Waals surface area contributed by atoms with Gasteiger partial charge in [-0.2, -0.15) is 10.2 Å². The Morgan fingerprint density at radius 3 is 3.08 bits per heavy atom. The molecule has 0 bridgehead atoms. The molecule has 0 saturated heterocycles. The van der Waals surface area contributed by atoms with Crippen LogP contribution in [0.5, 0.6) is 0 Å². The Morgan fingerprint density at radius 1 is 1.15 bits per heavy atom. The first kappa shape index (κ1) is 6.54. The van der Waals surface area contributed by atoms with Gasteiger partial charge in [0, 0.05) is 17.8 Å². The number of benzene rings is 1. The van der Waals surface area contributed by atoms with Crippen molar-refractivity contribution in [1.29, 1.82) is 0 Å². The van der Waals surface area contributed by atoms with Crippen molar-refractivity contribution < 1.29 is 0 Å². The van der Waals surface area contributed by atoms with Gasteiger partial charge in [-0.15, -0.1) is 0 Å². The van der Waals surface area contributed by atoms with E-state index in [0.29, 0.717) is 0 Å². The molecule has 3 rings (SSSR count). The van der Waals surface area contributed by atoms with E-state index in [2.05, 4.69) is 20.2 Å². The average molecular weight is 170 g/mol. The summed E-state index contributed by atoms with van der Waals surface area (Å²) in [5, 5.41) is 8.84. The monoisotopic (exact) mass is 170 g/mol. The first-order valence-corrected chi connectivity index (χ1v) is 3.98. The van der Waals surface area contributed by atoms with Crippen molar-refractivity contribution in [3.05, 3.63) is 30.7 Å². The summed E-state index contributed by atoms with van der Waals surface area (Å²) < 4.78 is 0. The van der Waals surface area contributed by atoms with E-state index in [1.165, 1.54) is 0 Å². The summed E-state index contributed by atoms with van der Waals surface area (Å²) in [6.45, 7) is 0. The molecule has 2 heterocycles. The predicted octanol–water partition coefficient (Wildman–Crippen LogP) is 1.51. The fourth-order valence-corrected chi connectivity index (χ4v) is 1.46. The van der Waals surface area contributed by atoms with Crippen LogP contribution in [0, 0.1) is 0 Å². The topological polar surface area (TPSA) is 54.5 Å².